The average Bonchev–Trinajstić information content (AvgIpc) is 2.57. The number of hydrogen-bond donors (Lipinski definition) is 0. The lowest BCUT2D eigenvalue weighted by molar-refractivity contribution is -0.139. The summed E-state index contributed by atoms with van der Waals surface area (Å²) in [5.74, 6) is -2.28. The predicted molar refractivity (Wildman–Crippen MR) is 56.9 cm³/mol. The van der Waals surface area contributed by atoms with E-state index in [0.717, 1.165) is 0 Å². The fourth-order valence-corrected chi connectivity index (χ4v) is 1.78. The molecule has 0 aromatic heterocycles. The van der Waals surface area contributed by atoms with Crippen molar-refractivity contribution < 1.29 is 14.4 Å². The Balaban J connectivity index is 2.25. The molecule has 82 valence electrons. The van der Waals surface area contributed by atoms with Crippen LogP contribution in [0, 0.1) is 5.92 Å². The fraction of sp³-hybridized carbons (Fsp3) is 0.250. The molecule has 1 unspecified atom stereocenters. The van der Waals surface area contributed by atoms with Crippen LogP contribution in [0.5, 0.6) is 0 Å². The van der Waals surface area contributed by atoms with Gasteiger partial charge in [-0.2, -0.15) is 0 Å². The molecule has 0 N–H and O–H groups in total. The van der Waals surface area contributed by atoms with Gasteiger partial charge in [-0.3, -0.25) is 14.4 Å². The zero-order valence-corrected chi connectivity index (χ0v) is 8.84. The van der Waals surface area contributed by atoms with Crippen molar-refractivity contribution in [2.75, 3.05) is 13.6 Å². The highest BCUT2D eigenvalue weighted by atomic mass is 16.2. The molecule has 1 aliphatic rings. The van der Waals surface area contributed by atoms with Crippen LogP contribution < -0.4 is 0 Å². The zero-order chi connectivity index (χ0) is 11.7. The first-order valence-electron chi connectivity index (χ1n) is 5.00. The molecule has 0 radical (unpaired) electrons. The number of carbonyl (C=O) groups excluding carboxylic acids is 3. The molecule has 1 heterocycles. The Morgan fingerprint density at radius 2 is 1.88 bits per heavy atom. The Hall–Kier alpha value is -1.97. The normalized spacial score (nSPS) is 20.3. The summed E-state index contributed by atoms with van der Waals surface area (Å²) in [7, 11) is 1.53. The minimum Gasteiger partial charge on any atom is -0.338 e. The molecule has 1 saturated heterocycles. The van der Waals surface area contributed by atoms with Gasteiger partial charge in [0.15, 0.2) is 5.78 Å². The molecule has 16 heavy (non-hydrogen) atoms. The molecular weight excluding hydrogens is 206 g/mol. The van der Waals surface area contributed by atoms with E-state index in [9.17, 15) is 14.4 Å². The third-order valence-electron chi connectivity index (χ3n) is 2.71. The van der Waals surface area contributed by atoms with Crippen molar-refractivity contribution in [3.05, 3.63) is 35.9 Å². The number of amides is 1. The summed E-state index contributed by atoms with van der Waals surface area (Å²) in [4.78, 5) is 36.0. The van der Waals surface area contributed by atoms with Crippen molar-refractivity contribution in [3.63, 3.8) is 0 Å². The quantitative estimate of drug-likeness (QED) is 0.412. The minimum atomic E-state index is -0.833. The van der Waals surface area contributed by atoms with Gasteiger partial charge in [-0.1, -0.05) is 30.3 Å². The number of likely N-dealkylation sites (N-methyl/N-ethyl adjacent to an activating group) is 1. The van der Waals surface area contributed by atoms with Gasteiger partial charge >= 0.3 is 0 Å². The lowest BCUT2D eigenvalue weighted by Gasteiger charge is -2.07. The molecule has 4 nitrogen and oxygen atoms in total. The van der Waals surface area contributed by atoms with Gasteiger partial charge in [0.2, 0.25) is 5.78 Å². The van der Waals surface area contributed by atoms with E-state index in [-0.39, 0.29) is 12.3 Å². The maximum absolute atomic E-state index is 11.9. The molecule has 1 amide bonds. The molecule has 0 spiro atoms. The fourth-order valence-electron chi connectivity index (χ4n) is 1.78. The number of Topliss-reactive ketones (excluding diaryl/α,β-unsaturated/α-hetero) is 2. The average molecular weight is 217 g/mol. The van der Waals surface area contributed by atoms with E-state index in [1.165, 1.54) is 11.9 Å². The molecule has 1 atom stereocenters. The van der Waals surface area contributed by atoms with Crippen LogP contribution in [0.2, 0.25) is 0 Å². The van der Waals surface area contributed by atoms with E-state index < -0.39 is 17.6 Å². The first-order valence-corrected chi connectivity index (χ1v) is 5.00. The van der Waals surface area contributed by atoms with Gasteiger partial charge in [0.05, 0.1) is 0 Å². The second-order valence-corrected chi connectivity index (χ2v) is 3.83. The van der Waals surface area contributed by atoms with Crippen LogP contribution in [0.4, 0.5) is 0 Å². The van der Waals surface area contributed by atoms with Crippen molar-refractivity contribution in [2.45, 2.75) is 0 Å². The number of rotatable bonds is 2. The Kier molecular flexibility index (Phi) is 2.56. The Morgan fingerprint density at radius 3 is 2.38 bits per heavy atom. The molecule has 1 aromatic carbocycles. The van der Waals surface area contributed by atoms with E-state index in [1.807, 2.05) is 0 Å². The van der Waals surface area contributed by atoms with E-state index in [0.29, 0.717) is 5.56 Å². The standard InChI is InChI=1S/C12H11NO3/c1-13-7-9(11(15)12(13)16)10(14)8-5-3-2-4-6-8/h2-6,9H,7H2,1H3. The van der Waals surface area contributed by atoms with Crippen molar-refractivity contribution >= 4 is 17.5 Å². The molecule has 1 fully saturated rings. The smallest absolute Gasteiger partial charge is 0.290 e. The van der Waals surface area contributed by atoms with Gasteiger partial charge in [-0.05, 0) is 0 Å². The lowest BCUT2D eigenvalue weighted by atomic mass is 9.96. The zero-order valence-electron chi connectivity index (χ0n) is 8.84. The molecule has 1 aromatic rings. The summed E-state index contributed by atoms with van der Waals surface area (Å²) in [5, 5.41) is 0. The summed E-state index contributed by atoms with van der Waals surface area (Å²) in [6.45, 7) is 0.186. The molecule has 2 rings (SSSR count). The van der Waals surface area contributed by atoms with Gasteiger partial charge in [0, 0.05) is 19.2 Å². The molecule has 0 saturated carbocycles. The van der Waals surface area contributed by atoms with Crippen LogP contribution in [0.1, 0.15) is 10.4 Å². The monoisotopic (exact) mass is 217 g/mol. The number of likely N-dealkylation sites (tertiary alicyclic amines) is 1. The molecular formula is C12H11NO3. The third-order valence-corrected chi connectivity index (χ3v) is 2.71. The van der Waals surface area contributed by atoms with Crippen molar-refractivity contribution in [1.82, 2.24) is 4.90 Å². The van der Waals surface area contributed by atoms with E-state index >= 15 is 0 Å². The maximum atomic E-state index is 11.9. The van der Waals surface area contributed by atoms with Crippen molar-refractivity contribution in [2.24, 2.45) is 5.92 Å². The van der Waals surface area contributed by atoms with E-state index in [2.05, 4.69) is 0 Å². The summed E-state index contributed by atoms with van der Waals surface area (Å²) >= 11 is 0. The summed E-state index contributed by atoms with van der Waals surface area (Å²) in [6.07, 6.45) is 0. The van der Waals surface area contributed by atoms with Crippen LogP contribution in [0.25, 0.3) is 0 Å². The third kappa shape index (κ3) is 1.62. The molecule has 4 heteroatoms. The Bertz CT molecular complexity index is 453. The number of ketones is 2. The highest BCUT2D eigenvalue weighted by Crippen LogP contribution is 2.17. The first-order chi connectivity index (χ1) is 7.61. The largest absolute Gasteiger partial charge is 0.338 e. The van der Waals surface area contributed by atoms with Crippen molar-refractivity contribution in [3.8, 4) is 0 Å². The van der Waals surface area contributed by atoms with Crippen LogP contribution in [-0.2, 0) is 9.59 Å². The number of benzene rings is 1. The maximum Gasteiger partial charge on any atom is 0.290 e. The number of nitrogens with zero attached hydrogens (tertiary/aromatic N) is 1. The first kappa shape index (κ1) is 10.5. The Labute approximate surface area is 92.9 Å². The van der Waals surface area contributed by atoms with Crippen molar-refractivity contribution in [1.29, 1.82) is 0 Å². The van der Waals surface area contributed by atoms with Gasteiger partial charge in [0.25, 0.3) is 5.91 Å². The highest BCUT2D eigenvalue weighted by Gasteiger charge is 2.41. The number of carbonyl (C=O) groups is 3. The van der Waals surface area contributed by atoms with Gasteiger partial charge in [-0.25, -0.2) is 0 Å². The minimum absolute atomic E-state index is 0.186. The molecule has 0 bridgehead atoms. The summed E-state index contributed by atoms with van der Waals surface area (Å²) < 4.78 is 0. The molecule has 1 aliphatic heterocycles. The Morgan fingerprint density at radius 1 is 1.25 bits per heavy atom. The topological polar surface area (TPSA) is 54.5 Å². The second-order valence-electron chi connectivity index (χ2n) is 3.83. The van der Waals surface area contributed by atoms with Gasteiger partial charge < -0.3 is 4.90 Å². The summed E-state index contributed by atoms with van der Waals surface area (Å²) in [5.41, 5.74) is 0.476. The highest BCUT2D eigenvalue weighted by molar-refractivity contribution is 6.43. The van der Waals surface area contributed by atoms with Gasteiger partial charge in [-0.15, -0.1) is 0 Å². The predicted octanol–water partition coefficient (Wildman–Crippen LogP) is 0.527. The summed E-state index contributed by atoms with van der Waals surface area (Å²) in [6, 6.07) is 8.57. The molecule has 0 aliphatic carbocycles. The van der Waals surface area contributed by atoms with Crippen LogP contribution in [0.3, 0.4) is 0 Å². The van der Waals surface area contributed by atoms with E-state index in [1.54, 1.807) is 30.3 Å². The van der Waals surface area contributed by atoms with Gasteiger partial charge in [0.1, 0.15) is 5.92 Å². The van der Waals surface area contributed by atoms with Crippen LogP contribution in [-0.4, -0.2) is 36.0 Å². The van der Waals surface area contributed by atoms with Crippen LogP contribution >= 0.6 is 0 Å². The van der Waals surface area contributed by atoms with Crippen LogP contribution in [0.15, 0.2) is 30.3 Å². The second kappa shape index (κ2) is 3.89. The van der Waals surface area contributed by atoms with E-state index in [4.69, 9.17) is 0 Å². The SMILES string of the molecule is CN1CC(C(=O)c2ccccc2)C(=O)C1=O. The number of hydrogen-bond acceptors (Lipinski definition) is 3. The lowest BCUT2D eigenvalue weighted by Crippen LogP contribution is -2.24.